The highest BCUT2D eigenvalue weighted by Crippen LogP contribution is 2.11. The van der Waals surface area contributed by atoms with Crippen LogP contribution in [0.3, 0.4) is 0 Å². The van der Waals surface area contributed by atoms with Crippen LogP contribution in [0.25, 0.3) is 0 Å². The molecule has 1 heterocycles. The maximum absolute atomic E-state index is 11.4. The smallest absolute Gasteiger partial charge is 0.225 e. The summed E-state index contributed by atoms with van der Waals surface area (Å²) in [5.41, 5.74) is 7.30. The van der Waals surface area contributed by atoms with Gasteiger partial charge < -0.3 is 10.6 Å². The lowest BCUT2D eigenvalue weighted by Crippen LogP contribution is -2.31. The number of carbonyl (C=O) groups excluding carboxylic acids is 2. The number of nitrogens with two attached hydrogens (primary N) is 1. The molecule has 23 heavy (non-hydrogen) atoms. The quantitative estimate of drug-likeness (QED) is 0.846. The second-order valence-electron chi connectivity index (χ2n) is 6.26. The summed E-state index contributed by atoms with van der Waals surface area (Å²) in [4.78, 5) is 24.6. The average Bonchev–Trinajstić information content (AvgIpc) is 3.09. The Morgan fingerprint density at radius 1 is 1.13 bits per heavy atom. The molecule has 0 atom stereocenters. The van der Waals surface area contributed by atoms with E-state index in [4.69, 9.17) is 5.73 Å². The third-order valence-corrected chi connectivity index (χ3v) is 3.90. The van der Waals surface area contributed by atoms with Crippen LogP contribution in [-0.2, 0) is 11.3 Å². The molecule has 0 unspecified atom stereocenters. The number of rotatable bonds is 5. The second-order valence-corrected chi connectivity index (χ2v) is 6.26. The Balaban J connectivity index is 0.000000238. The lowest BCUT2D eigenvalue weighted by atomic mass is 10.1. The normalized spacial score (nSPS) is 13.7. The minimum absolute atomic E-state index is 0.179. The lowest BCUT2D eigenvalue weighted by Gasteiger charge is -2.17. The number of Topliss-reactive ketones (excluding diaryl/α,β-unsaturated/α-hetero) is 1. The molecule has 4 heteroatoms. The zero-order valence-corrected chi connectivity index (χ0v) is 14.7. The number of carbonyl (C=O) groups is 2. The molecule has 0 bridgehead atoms. The molecule has 2 rings (SSSR count). The van der Waals surface area contributed by atoms with E-state index in [1.165, 1.54) is 12.8 Å². The van der Waals surface area contributed by atoms with Crippen molar-refractivity contribution < 1.29 is 9.59 Å². The van der Waals surface area contributed by atoms with E-state index in [0.29, 0.717) is 18.9 Å². The van der Waals surface area contributed by atoms with Crippen LogP contribution in [0.4, 0.5) is 0 Å². The Bertz CT molecular complexity index is 489. The van der Waals surface area contributed by atoms with Crippen molar-refractivity contribution in [2.45, 2.75) is 53.0 Å². The first kappa shape index (κ1) is 19.4. The monoisotopic (exact) mass is 318 g/mol. The molecule has 0 spiro atoms. The molecule has 4 nitrogen and oxygen atoms in total. The molecule has 0 saturated carbocycles. The molecule has 0 aliphatic carbocycles. The van der Waals surface area contributed by atoms with Gasteiger partial charge in [-0.2, -0.15) is 0 Å². The van der Waals surface area contributed by atoms with Crippen molar-refractivity contribution in [2.24, 2.45) is 11.7 Å². The first-order chi connectivity index (χ1) is 11.0. The molecule has 0 radical (unpaired) electrons. The van der Waals surface area contributed by atoms with Crippen molar-refractivity contribution in [3.05, 3.63) is 35.4 Å². The number of nitrogens with zero attached hydrogens (tertiary/aromatic N) is 1. The van der Waals surface area contributed by atoms with E-state index in [2.05, 4.69) is 0 Å². The molecule has 1 fully saturated rings. The maximum Gasteiger partial charge on any atom is 0.225 e. The number of likely N-dealkylation sites (tertiary alicyclic amines) is 1. The van der Waals surface area contributed by atoms with Crippen LogP contribution in [0.2, 0.25) is 0 Å². The third kappa shape index (κ3) is 6.53. The van der Waals surface area contributed by atoms with E-state index >= 15 is 0 Å². The van der Waals surface area contributed by atoms with Crippen LogP contribution in [0.15, 0.2) is 24.3 Å². The van der Waals surface area contributed by atoms with Crippen LogP contribution < -0.4 is 5.73 Å². The Morgan fingerprint density at radius 2 is 1.70 bits per heavy atom. The number of benzene rings is 1. The fraction of sp³-hybridized carbons (Fsp3) is 0.579. The first-order valence-electron chi connectivity index (χ1n) is 8.60. The van der Waals surface area contributed by atoms with E-state index in [-0.39, 0.29) is 11.7 Å². The Morgan fingerprint density at radius 3 is 2.13 bits per heavy atom. The van der Waals surface area contributed by atoms with Crippen molar-refractivity contribution in [3.63, 3.8) is 0 Å². The molecule has 1 saturated heterocycles. The fourth-order valence-corrected chi connectivity index (χ4v) is 2.50. The Kier molecular flexibility index (Phi) is 8.56. The van der Waals surface area contributed by atoms with E-state index in [9.17, 15) is 9.59 Å². The van der Waals surface area contributed by atoms with Gasteiger partial charge in [-0.1, -0.05) is 45.0 Å². The van der Waals surface area contributed by atoms with Crippen LogP contribution in [0.5, 0.6) is 0 Å². The minimum Gasteiger partial charge on any atom is -0.342 e. The third-order valence-electron chi connectivity index (χ3n) is 3.90. The summed E-state index contributed by atoms with van der Waals surface area (Å²) in [5, 5.41) is 0. The van der Waals surface area contributed by atoms with Gasteiger partial charge in [0, 0.05) is 37.5 Å². The van der Waals surface area contributed by atoms with Gasteiger partial charge in [-0.3, -0.25) is 9.59 Å². The molecule has 1 aromatic carbocycles. The first-order valence-corrected chi connectivity index (χ1v) is 8.60. The van der Waals surface area contributed by atoms with Gasteiger partial charge in [0.15, 0.2) is 5.78 Å². The van der Waals surface area contributed by atoms with Gasteiger partial charge in [-0.05, 0) is 24.8 Å². The number of ketones is 1. The Hall–Kier alpha value is -1.68. The van der Waals surface area contributed by atoms with Crippen molar-refractivity contribution in [2.75, 3.05) is 13.1 Å². The molecule has 1 aliphatic rings. The van der Waals surface area contributed by atoms with Crippen LogP contribution in [0.1, 0.15) is 62.4 Å². The van der Waals surface area contributed by atoms with Crippen molar-refractivity contribution in [1.29, 1.82) is 0 Å². The highest BCUT2D eigenvalue weighted by Gasteiger charge is 2.19. The number of hydrogen-bond acceptors (Lipinski definition) is 3. The molecular weight excluding hydrogens is 288 g/mol. The summed E-state index contributed by atoms with van der Waals surface area (Å²) >= 11 is 0. The second kappa shape index (κ2) is 10.2. The molecule has 1 aromatic rings. The van der Waals surface area contributed by atoms with Crippen LogP contribution >= 0.6 is 0 Å². The van der Waals surface area contributed by atoms with Gasteiger partial charge in [0.25, 0.3) is 0 Å². The lowest BCUT2D eigenvalue weighted by molar-refractivity contribution is -0.133. The standard InChI is InChI=1S/C11H15NO.C8H15NO/c1-2-3-11(13)10-6-4-9(8-12)5-7-10;1-7(2)8(10)9-5-3-4-6-9/h4-7H,2-3,8,12H2,1H3;7H,3-6H2,1-2H3. The molecule has 0 aromatic heterocycles. The average molecular weight is 318 g/mol. The molecule has 128 valence electrons. The van der Waals surface area contributed by atoms with Crippen molar-refractivity contribution in [1.82, 2.24) is 4.90 Å². The van der Waals surface area contributed by atoms with Gasteiger partial charge in [0.05, 0.1) is 0 Å². The topological polar surface area (TPSA) is 63.4 Å². The summed E-state index contributed by atoms with van der Waals surface area (Å²) in [6.07, 6.45) is 3.91. The summed E-state index contributed by atoms with van der Waals surface area (Å²) in [5.74, 6) is 0.710. The summed E-state index contributed by atoms with van der Waals surface area (Å²) in [6.45, 7) is 8.42. The zero-order valence-electron chi connectivity index (χ0n) is 14.7. The predicted molar refractivity (Wildman–Crippen MR) is 94.2 cm³/mol. The maximum atomic E-state index is 11.4. The highest BCUT2D eigenvalue weighted by atomic mass is 16.2. The summed E-state index contributed by atoms with van der Waals surface area (Å²) in [7, 11) is 0. The minimum atomic E-state index is 0.179. The fourth-order valence-electron chi connectivity index (χ4n) is 2.50. The van der Waals surface area contributed by atoms with Gasteiger partial charge in [-0.15, -0.1) is 0 Å². The van der Waals surface area contributed by atoms with Crippen molar-refractivity contribution in [3.8, 4) is 0 Å². The largest absolute Gasteiger partial charge is 0.342 e. The van der Waals surface area contributed by atoms with Gasteiger partial charge in [0.1, 0.15) is 0 Å². The van der Waals surface area contributed by atoms with E-state index in [0.717, 1.165) is 30.6 Å². The van der Waals surface area contributed by atoms with Crippen molar-refractivity contribution >= 4 is 11.7 Å². The molecule has 1 aliphatic heterocycles. The van der Waals surface area contributed by atoms with Crippen LogP contribution in [0, 0.1) is 5.92 Å². The van der Waals surface area contributed by atoms with Gasteiger partial charge in [0.2, 0.25) is 5.91 Å². The number of hydrogen-bond donors (Lipinski definition) is 1. The zero-order chi connectivity index (χ0) is 17.2. The predicted octanol–water partition coefficient (Wildman–Crippen LogP) is 3.39. The van der Waals surface area contributed by atoms with E-state index < -0.39 is 0 Å². The van der Waals surface area contributed by atoms with Gasteiger partial charge >= 0.3 is 0 Å². The number of amides is 1. The highest BCUT2D eigenvalue weighted by molar-refractivity contribution is 5.96. The Labute approximate surface area is 140 Å². The van der Waals surface area contributed by atoms with E-state index in [1.54, 1.807) is 0 Å². The molecular formula is C19H30N2O2. The van der Waals surface area contributed by atoms with Crippen LogP contribution in [-0.4, -0.2) is 29.7 Å². The van der Waals surface area contributed by atoms with E-state index in [1.807, 2.05) is 49.9 Å². The summed E-state index contributed by atoms with van der Waals surface area (Å²) in [6, 6.07) is 7.51. The SMILES string of the molecule is CC(C)C(=O)N1CCCC1.CCCC(=O)c1ccc(CN)cc1. The molecule has 1 amide bonds. The summed E-state index contributed by atoms with van der Waals surface area (Å²) < 4.78 is 0. The molecule has 2 N–H and O–H groups in total. The van der Waals surface area contributed by atoms with Gasteiger partial charge in [-0.25, -0.2) is 0 Å².